The van der Waals surface area contributed by atoms with Crippen molar-refractivity contribution >= 4 is 11.8 Å². The van der Waals surface area contributed by atoms with E-state index in [2.05, 4.69) is 4.98 Å². The number of aryl methyl sites for hydroxylation is 2. The fraction of sp³-hybridized carbons (Fsp3) is 0.381. The van der Waals surface area contributed by atoms with Crippen LogP contribution in [-0.4, -0.2) is 59.9 Å². The first-order valence-corrected chi connectivity index (χ1v) is 9.10. The highest BCUT2D eigenvalue weighted by Crippen LogP contribution is 2.23. The van der Waals surface area contributed by atoms with Crippen LogP contribution in [0.4, 0.5) is 0 Å². The molecule has 1 fully saturated rings. The minimum Gasteiger partial charge on any atom is -0.496 e. The lowest BCUT2D eigenvalue weighted by atomic mass is 10.0. The van der Waals surface area contributed by atoms with E-state index in [-0.39, 0.29) is 11.8 Å². The van der Waals surface area contributed by atoms with Gasteiger partial charge >= 0.3 is 0 Å². The quantitative estimate of drug-likeness (QED) is 0.831. The Balaban J connectivity index is 1.59. The number of ether oxygens (including phenoxy) is 1. The number of rotatable bonds is 4. The van der Waals surface area contributed by atoms with Gasteiger partial charge in [-0.05, 0) is 48.7 Å². The van der Waals surface area contributed by atoms with Crippen LogP contribution in [0.5, 0.6) is 5.75 Å². The van der Waals surface area contributed by atoms with E-state index in [0.717, 1.165) is 22.4 Å². The summed E-state index contributed by atoms with van der Waals surface area (Å²) in [5.74, 6) is 0.902. The van der Waals surface area contributed by atoms with Gasteiger partial charge in [-0.2, -0.15) is 0 Å². The van der Waals surface area contributed by atoms with Crippen molar-refractivity contribution in [1.82, 2.24) is 14.8 Å². The second-order valence-electron chi connectivity index (χ2n) is 6.84. The van der Waals surface area contributed by atoms with Gasteiger partial charge < -0.3 is 14.5 Å². The Morgan fingerprint density at radius 2 is 1.78 bits per heavy atom. The maximum absolute atomic E-state index is 12.7. The number of benzene rings is 1. The zero-order valence-electron chi connectivity index (χ0n) is 16.1. The predicted octanol–water partition coefficient (Wildman–Crippen LogP) is 2.23. The average molecular weight is 367 g/mol. The van der Waals surface area contributed by atoms with Crippen LogP contribution in [0.3, 0.4) is 0 Å². The third kappa shape index (κ3) is 4.27. The minimum atomic E-state index is -0.0307. The number of nitrogens with zero attached hydrogens (tertiary/aromatic N) is 3. The molecule has 0 saturated carbocycles. The molecular formula is C21H25N3O3. The lowest BCUT2D eigenvalue weighted by molar-refractivity contribution is -0.131. The van der Waals surface area contributed by atoms with Gasteiger partial charge in [0.05, 0.1) is 19.1 Å². The van der Waals surface area contributed by atoms with E-state index < -0.39 is 0 Å². The summed E-state index contributed by atoms with van der Waals surface area (Å²) in [7, 11) is 1.65. The maximum atomic E-state index is 12.7. The number of methoxy groups -OCH3 is 1. The Hall–Kier alpha value is -2.89. The summed E-state index contributed by atoms with van der Waals surface area (Å²) in [5, 5.41) is 0. The zero-order chi connectivity index (χ0) is 19.4. The van der Waals surface area contributed by atoms with Gasteiger partial charge in [0.15, 0.2) is 0 Å². The second kappa shape index (κ2) is 8.20. The third-order valence-corrected chi connectivity index (χ3v) is 5.02. The van der Waals surface area contributed by atoms with E-state index >= 15 is 0 Å². The lowest BCUT2D eigenvalue weighted by Crippen LogP contribution is -2.51. The molecule has 1 aromatic heterocycles. The molecule has 1 aromatic carbocycles. The highest BCUT2D eigenvalue weighted by Gasteiger charge is 2.25. The molecule has 27 heavy (non-hydrogen) atoms. The number of amides is 2. The molecule has 3 rings (SSSR count). The standard InChI is InChI=1S/C21H25N3O3/c1-15-12-19(27-3)16(2)11-18(15)13-20(25)23-7-9-24(10-8-23)21(26)17-5-4-6-22-14-17/h4-6,11-12,14H,7-10,13H2,1-3H3. The molecule has 6 heteroatoms. The summed E-state index contributed by atoms with van der Waals surface area (Å²) in [6, 6.07) is 7.52. The molecule has 6 nitrogen and oxygen atoms in total. The smallest absolute Gasteiger partial charge is 0.255 e. The van der Waals surface area contributed by atoms with Gasteiger partial charge in [0, 0.05) is 38.6 Å². The third-order valence-electron chi connectivity index (χ3n) is 5.02. The molecule has 0 radical (unpaired) electrons. The fourth-order valence-electron chi connectivity index (χ4n) is 3.37. The summed E-state index contributed by atoms with van der Waals surface area (Å²) in [4.78, 5) is 32.8. The van der Waals surface area contributed by atoms with Crippen molar-refractivity contribution in [2.24, 2.45) is 0 Å². The van der Waals surface area contributed by atoms with Crippen LogP contribution in [0.15, 0.2) is 36.7 Å². The number of hydrogen-bond donors (Lipinski definition) is 0. The maximum Gasteiger partial charge on any atom is 0.255 e. The molecule has 1 aliphatic rings. The fourth-order valence-corrected chi connectivity index (χ4v) is 3.37. The Labute approximate surface area is 159 Å². The van der Waals surface area contributed by atoms with Gasteiger partial charge in [-0.15, -0.1) is 0 Å². The number of hydrogen-bond acceptors (Lipinski definition) is 4. The molecule has 1 aliphatic heterocycles. The zero-order valence-corrected chi connectivity index (χ0v) is 16.1. The Morgan fingerprint density at radius 3 is 2.41 bits per heavy atom. The number of carbonyl (C=O) groups excluding carboxylic acids is 2. The first-order valence-electron chi connectivity index (χ1n) is 9.10. The van der Waals surface area contributed by atoms with Gasteiger partial charge in [-0.25, -0.2) is 0 Å². The summed E-state index contributed by atoms with van der Waals surface area (Å²) >= 11 is 0. The number of aromatic nitrogens is 1. The van der Waals surface area contributed by atoms with E-state index in [9.17, 15) is 9.59 Å². The first-order chi connectivity index (χ1) is 13.0. The first kappa shape index (κ1) is 18.9. The number of carbonyl (C=O) groups is 2. The van der Waals surface area contributed by atoms with Crippen LogP contribution >= 0.6 is 0 Å². The van der Waals surface area contributed by atoms with Gasteiger partial charge in [0.2, 0.25) is 5.91 Å². The molecule has 2 aromatic rings. The minimum absolute atomic E-state index is 0.0307. The molecule has 0 atom stereocenters. The van der Waals surface area contributed by atoms with E-state index in [0.29, 0.717) is 38.2 Å². The Kier molecular flexibility index (Phi) is 5.74. The molecule has 0 spiro atoms. The van der Waals surface area contributed by atoms with Crippen LogP contribution in [0.25, 0.3) is 0 Å². The van der Waals surface area contributed by atoms with Crippen LogP contribution in [-0.2, 0) is 11.2 Å². The molecule has 0 N–H and O–H groups in total. The van der Waals surface area contributed by atoms with Crippen LogP contribution in [0, 0.1) is 13.8 Å². The van der Waals surface area contributed by atoms with Gasteiger partial charge in [-0.1, -0.05) is 6.07 Å². The van der Waals surface area contributed by atoms with Crippen molar-refractivity contribution in [3.8, 4) is 5.75 Å². The van der Waals surface area contributed by atoms with Gasteiger partial charge in [0.1, 0.15) is 5.75 Å². The molecular weight excluding hydrogens is 342 g/mol. The normalized spacial score (nSPS) is 14.2. The Morgan fingerprint density at radius 1 is 1.07 bits per heavy atom. The monoisotopic (exact) mass is 367 g/mol. The van der Waals surface area contributed by atoms with Crippen LogP contribution in [0.2, 0.25) is 0 Å². The second-order valence-corrected chi connectivity index (χ2v) is 6.84. The van der Waals surface area contributed by atoms with E-state index in [1.165, 1.54) is 0 Å². The molecule has 142 valence electrons. The topological polar surface area (TPSA) is 62.7 Å². The summed E-state index contributed by atoms with van der Waals surface area (Å²) in [5.41, 5.74) is 3.68. The predicted molar refractivity (Wildman–Crippen MR) is 103 cm³/mol. The number of pyridine rings is 1. The highest BCUT2D eigenvalue weighted by atomic mass is 16.5. The van der Waals surface area contributed by atoms with E-state index in [1.807, 2.05) is 30.9 Å². The molecule has 0 bridgehead atoms. The number of piperazine rings is 1. The van der Waals surface area contributed by atoms with Crippen molar-refractivity contribution in [2.75, 3.05) is 33.3 Å². The highest BCUT2D eigenvalue weighted by molar-refractivity contribution is 5.94. The van der Waals surface area contributed by atoms with Crippen molar-refractivity contribution in [3.05, 3.63) is 58.9 Å². The molecule has 1 saturated heterocycles. The summed E-state index contributed by atoms with van der Waals surface area (Å²) < 4.78 is 5.34. The van der Waals surface area contributed by atoms with Crippen molar-refractivity contribution in [1.29, 1.82) is 0 Å². The van der Waals surface area contributed by atoms with Crippen LogP contribution in [0.1, 0.15) is 27.0 Å². The largest absolute Gasteiger partial charge is 0.496 e. The van der Waals surface area contributed by atoms with E-state index in [4.69, 9.17) is 4.74 Å². The Bertz CT molecular complexity index is 828. The van der Waals surface area contributed by atoms with Crippen molar-refractivity contribution in [3.63, 3.8) is 0 Å². The molecule has 0 aliphatic carbocycles. The van der Waals surface area contributed by atoms with Gasteiger partial charge in [-0.3, -0.25) is 14.6 Å². The van der Waals surface area contributed by atoms with Crippen molar-refractivity contribution < 1.29 is 14.3 Å². The summed E-state index contributed by atoms with van der Waals surface area (Å²) in [6.07, 6.45) is 3.60. The molecule has 0 unspecified atom stereocenters. The van der Waals surface area contributed by atoms with Crippen molar-refractivity contribution in [2.45, 2.75) is 20.3 Å². The average Bonchev–Trinajstić information content (AvgIpc) is 2.70. The molecule has 2 heterocycles. The van der Waals surface area contributed by atoms with Crippen LogP contribution < -0.4 is 4.74 Å². The SMILES string of the molecule is COc1cc(C)c(CC(=O)N2CCN(C(=O)c3cccnc3)CC2)cc1C. The summed E-state index contributed by atoms with van der Waals surface area (Å²) in [6.45, 7) is 6.17. The molecule has 2 amide bonds. The lowest BCUT2D eigenvalue weighted by Gasteiger charge is -2.35. The van der Waals surface area contributed by atoms with Gasteiger partial charge in [0.25, 0.3) is 5.91 Å². The van der Waals surface area contributed by atoms with E-state index in [1.54, 1.807) is 36.5 Å².